The minimum absolute atomic E-state index is 0.127. The van der Waals surface area contributed by atoms with E-state index in [1.807, 2.05) is 52.0 Å². The molecule has 11 heteroatoms. The summed E-state index contributed by atoms with van der Waals surface area (Å²) in [5.41, 5.74) is -0.929. The molecule has 2 aliphatic heterocycles. The van der Waals surface area contributed by atoms with Crippen LogP contribution in [0.15, 0.2) is 48.5 Å². The fourth-order valence-electron chi connectivity index (χ4n) is 6.54. The molecule has 3 aliphatic rings. The lowest BCUT2D eigenvalue weighted by molar-refractivity contribution is -0.137. The third-order valence-electron chi connectivity index (χ3n) is 10.0. The molecule has 2 heterocycles. The maximum Gasteiger partial charge on any atom is 0.494 e. The number of hydrogen-bond donors (Lipinski definition) is 2. The summed E-state index contributed by atoms with van der Waals surface area (Å²) in [5.74, 6) is -0.676. The van der Waals surface area contributed by atoms with Crippen molar-refractivity contribution in [3.05, 3.63) is 65.2 Å². The van der Waals surface area contributed by atoms with Crippen LogP contribution < -0.4 is 10.8 Å². The minimum atomic E-state index is -4.54. The van der Waals surface area contributed by atoms with Gasteiger partial charge in [0, 0.05) is 24.6 Å². The molecule has 1 amide bonds. The topological polar surface area (TPSA) is 88.1 Å². The third-order valence-corrected chi connectivity index (χ3v) is 10.0. The van der Waals surface area contributed by atoms with E-state index in [0.29, 0.717) is 25.3 Å². The third kappa shape index (κ3) is 7.06. The molecule has 238 valence electrons. The van der Waals surface area contributed by atoms with Crippen LogP contribution in [0.5, 0.6) is 0 Å². The van der Waals surface area contributed by atoms with Crippen LogP contribution in [0.4, 0.5) is 13.2 Å². The van der Waals surface area contributed by atoms with Crippen molar-refractivity contribution in [2.45, 2.75) is 95.2 Å². The summed E-state index contributed by atoms with van der Waals surface area (Å²) in [4.78, 5) is 27.3. The van der Waals surface area contributed by atoms with Gasteiger partial charge in [0.05, 0.1) is 28.9 Å². The molecule has 0 bridgehead atoms. The molecule has 0 aromatic heterocycles. The molecule has 2 saturated heterocycles. The van der Waals surface area contributed by atoms with Crippen LogP contribution in [0.1, 0.15) is 87.7 Å². The highest BCUT2D eigenvalue weighted by molar-refractivity contribution is 6.62. The van der Waals surface area contributed by atoms with Gasteiger partial charge < -0.3 is 24.6 Å². The van der Waals surface area contributed by atoms with E-state index in [0.717, 1.165) is 55.5 Å². The van der Waals surface area contributed by atoms with Gasteiger partial charge in [0.25, 0.3) is 5.91 Å². The van der Waals surface area contributed by atoms with Gasteiger partial charge in [0.2, 0.25) is 0 Å². The van der Waals surface area contributed by atoms with E-state index in [1.54, 1.807) is 0 Å². The van der Waals surface area contributed by atoms with Crippen molar-refractivity contribution in [1.82, 2.24) is 10.2 Å². The van der Waals surface area contributed by atoms with Crippen LogP contribution in [-0.2, 0) is 25.9 Å². The molecule has 1 aliphatic carbocycles. The number of carbonyl (C=O) groups is 2. The number of rotatable bonds is 8. The monoisotopic (exact) mass is 614 g/mol. The number of nitrogens with zero attached hydrogens (tertiary/aromatic N) is 1. The molecule has 0 unspecified atom stereocenters. The van der Waals surface area contributed by atoms with Crippen LogP contribution in [-0.4, -0.2) is 65.7 Å². The second kappa shape index (κ2) is 12.2. The SMILES string of the molecule is CC1(C)OB(c2ccc(C3(O)CCC(N4CC[C@@H](CC(=O)CNC(=O)c5cccc(C(F)(F)F)c5)C4)CC3)cc2)OC1(C)C. The average molecular weight is 615 g/mol. The Morgan fingerprint density at radius 1 is 1.00 bits per heavy atom. The zero-order chi connectivity index (χ0) is 31.9. The molecule has 2 N–H and O–H groups in total. The van der Waals surface area contributed by atoms with Gasteiger partial charge in [0.15, 0.2) is 5.78 Å². The normalized spacial score (nSPS) is 27.0. The van der Waals surface area contributed by atoms with Crippen molar-refractivity contribution in [1.29, 1.82) is 0 Å². The van der Waals surface area contributed by atoms with Gasteiger partial charge in [-0.25, -0.2) is 0 Å². The van der Waals surface area contributed by atoms with E-state index < -0.39 is 41.6 Å². The molecule has 1 atom stereocenters. The molecule has 7 nitrogen and oxygen atoms in total. The molecule has 44 heavy (non-hydrogen) atoms. The first-order valence-corrected chi connectivity index (χ1v) is 15.5. The number of amides is 1. The number of nitrogens with one attached hydrogen (secondary N) is 1. The molecule has 1 saturated carbocycles. The summed E-state index contributed by atoms with van der Waals surface area (Å²) < 4.78 is 51.2. The highest BCUT2D eigenvalue weighted by Gasteiger charge is 2.51. The minimum Gasteiger partial charge on any atom is -0.399 e. The molecule has 2 aromatic rings. The van der Waals surface area contributed by atoms with Gasteiger partial charge in [-0.3, -0.25) is 9.59 Å². The summed E-state index contributed by atoms with van der Waals surface area (Å²) in [5, 5.41) is 14.0. The number of benzene rings is 2. The lowest BCUT2D eigenvalue weighted by Crippen LogP contribution is -2.42. The maximum atomic E-state index is 12.9. The number of carbonyl (C=O) groups excluding carboxylic acids is 2. The predicted molar refractivity (Wildman–Crippen MR) is 161 cm³/mol. The standard InChI is InChI=1S/C33H42BF3N2O5/c1-30(2)31(3,4)44-34(43-30)26-10-8-24(9-11-26)32(42)15-12-27(13-16-32)39-17-14-22(21-39)18-28(40)20-38-29(41)23-6-5-7-25(19-23)33(35,36)37/h5-11,19,22,27,42H,12-18,20-21H2,1-4H3,(H,38,41)/t22-,27?,32?/m0/s1. The molecule has 0 spiro atoms. The van der Waals surface area contributed by atoms with Crippen molar-refractivity contribution in [2.75, 3.05) is 19.6 Å². The summed E-state index contributed by atoms with van der Waals surface area (Å²) in [7, 11) is -0.443. The Kier molecular flexibility index (Phi) is 9.08. The number of hydrogen-bond acceptors (Lipinski definition) is 6. The Labute approximate surface area is 257 Å². The van der Waals surface area contributed by atoms with Crippen molar-refractivity contribution < 1.29 is 37.2 Å². The Bertz CT molecular complexity index is 1340. The van der Waals surface area contributed by atoms with E-state index in [-0.39, 0.29) is 23.8 Å². The Hall–Kier alpha value is -2.73. The van der Waals surface area contributed by atoms with Crippen LogP contribution in [0.2, 0.25) is 0 Å². The Balaban J connectivity index is 1.06. The van der Waals surface area contributed by atoms with Crippen molar-refractivity contribution >= 4 is 24.3 Å². The van der Waals surface area contributed by atoms with Gasteiger partial charge >= 0.3 is 13.3 Å². The first-order chi connectivity index (χ1) is 20.6. The van der Waals surface area contributed by atoms with Crippen LogP contribution >= 0.6 is 0 Å². The Morgan fingerprint density at radius 3 is 2.25 bits per heavy atom. The zero-order valence-electron chi connectivity index (χ0n) is 25.9. The Morgan fingerprint density at radius 2 is 1.64 bits per heavy atom. The van der Waals surface area contributed by atoms with E-state index in [4.69, 9.17) is 9.31 Å². The molecule has 2 aromatic carbocycles. The highest BCUT2D eigenvalue weighted by Crippen LogP contribution is 2.40. The summed E-state index contributed by atoms with van der Waals surface area (Å²) in [6, 6.07) is 12.4. The summed E-state index contributed by atoms with van der Waals surface area (Å²) in [6.45, 7) is 9.54. The largest absolute Gasteiger partial charge is 0.494 e. The van der Waals surface area contributed by atoms with Gasteiger partial charge in [-0.05, 0) is 101 Å². The summed E-state index contributed by atoms with van der Waals surface area (Å²) >= 11 is 0. The smallest absolute Gasteiger partial charge is 0.399 e. The predicted octanol–water partition coefficient (Wildman–Crippen LogP) is 4.85. The maximum absolute atomic E-state index is 12.9. The molecular formula is C33H42BF3N2O5. The molecule has 0 radical (unpaired) electrons. The van der Waals surface area contributed by atoms with Crippen LogP contribution in [0.3, 0.4) is 0 Å². The number of halogens is 3. The zero-order valence-corrected chi connectivity index (χ0v) is 25.9. The van der Waals surface area contributed by atoms with E-state index in [2.05, 4.69) is 10.2 Å². The fourth-order valence-corrected chi connectivity index (χ4v) is 6.54. The van der Waals surface area contributed by atoms with Crippen LogP contribution in [0.25, 0.3) is 0 Å². The lowest BCUT2D eigenvalue weighted by atomic mass is 9.74. The first-order valence-electron chi connectivity index (χ1n) is 15.5. The van der Waals surface area contributed by atoms with Gasteiger partial charge in [-0.2, -0.15) is 13.2 Å². The second-order valence-corrected chi connectivity index (χ2v) is 13.6. The number of Topliss-reactive ketones (excluding diaryl/α,β-unsaturated/α-hetero) is 1. The van der Waals surface area contributed by atoms with Crippen molar-refractivity contribution in [3.63, 3.8) is 0 Å². The second-order valence-electron chi connectivity index (χ2n) is 13.6. The molecule has 5 rings (SSSR count). The number of aliphatic hydroxyl groups is 1. The lowest BCUT2D eigenvalue weighted by Gasteiger charge is -2.40. The van der Waals surface area contributed by atoms with Gasteiger partial charge in [-0.1, -0.05) is 30.3 Å². The van der Waals surface area contributed by atoms with Crippen molar-refractivity contribution in [2.24, 2.45) is 5.92 Å². The highest BCUT2D eigenvalue weighted by atomic mass is 19.4. The average Bonchev–Trinajstić information content (AvgIpc) is 3.52. The molecular weight excluding hydrogens is 572 g/mol. The fraction of sp³-hybridized carbons (Fsp3) is 0.576. The van der Waals surface area contributed by atoms with Crippen LogP contribution in [0, 0.1) is 5.92 Å². The first kappa shape index (κ1) is 32.7. The molecule has 3 fully saturated rings. The van der Waals surface area contributed by atoms with Crippen molar-refractivity contribution in [3.8, 4) is 0 Å². The number of likely N-dealkylation sites (tertiary alicyclic amines) is 1. The van der Waals surface area contributed by atoms with E-state index >= 15 is 0 Å². The number of alkyl halides is 3. The quantitative estimate of drug-likeness (QED) is 0.414. The van der Waals surface area contributed by atoms with E-state index in [9.17, 15) is 27.9 Å². The van der Waals surface area contributed by atoms with E-state index in [1.165, 1.54) is 12.1 Å². The number of ketones is 1. The van der Waals surface area contributed by atoms with Gasteiger partial charge in [-0.15, -0.1) is 0 Å². The summed E-state index contributed by atoms with van der Waals surface area (Å²) in [6.07, 6.45) is -0.366. The van der Waals surface area contributed by atoms with Gasteiger partial charge in [0.1, 0.15) is 0 Å².